The Bertz CT molecular complexity index is 1120. The van der Waals surface area contributed by atoms with Crippen molar-refractivity contribution in [3.63, 3.8) is 0 Å². The normalized spacial score (nSPS) is 10.4. The van der Waals surface area contributed by atoms with Gasteiger partial charge < -0.3 is 19.4 Å². The van der Waals surface area contributed by atoms with Gasteiger partial charge in [0, 0.05) is 25.0 Å². The van der Waals surface area contributed by atoms with Gasteiger partial charge in [0.2, 0.25) is 0 Å². The van der Waals surface area contributed by atoms with Crippen LogP contribution in [0.25, 0.3) is 0 Å². The maximum atomic E-state index is 12.7. The minimum absolute atomic E-state index is 0.227. The number of hydrogen-bond acceptors (Lipinski definition) is 4. The van der Waals surface area contributed by atoms with E-state index in [1.807, 2.05) is 66.3 Å². The van der Waals surface area contributed by atoms with Crippen LogP contribution in [0, 0.1) is 0 Å². The van der Waals surface area contributed by atoms with Crippen LogP contribution in [0.3, 0.4) is 0 Å². The molecule has 0 radical (unpaired) electrons. The molecule has 0 unspecified atom stereocenters. The summed E-state index contributed by atoms with van der Waals surface area (Å²) in [5.74, 6) is 2.55. The van der Waals surface area contributed by atoms with Crippen LogP contribution in [0.15, 0.2) is 91.3 Å². The SMILES string of the molecule is Cn1ccnc1COc1ccc(C(=O)Nc2ccccc2Oc2ccccc2)cc1. The molecule has 0 spiro atoms. The molecule has 4 rings (SSSR count). The van der Waals surface area contributed by atoms with Gasteiger partial charge in [0.1, 0.15) is 23.9 Å². The Labute approximate surface area is 174 Å². The number of amides is 1. The van der Waals surface area contributed by atoms with Gasteiger partial charge in [0.05, 0.1) is 5.69 Å². The molecule has 0 fully saturated rings. The molecule has 6 heteroatoms. The van der Waals surface area contributed by atoms with Crippen LogP contribution in [-0.4, -0.2) is 15.5 Å². The van der Waals surface area contributed by atoms with Crippen molar-refractivity contribution < 1.29 is 14.3 Å². The number of hydrogen-bond donors (Lipinski definition) is 1. The molecule has 1 heterocycles. The molecule has 1 amide bonds. The Morgan fingerprint density at radius 2 is 1.67 bits per heavy atom. The standard InChI is InChI=1S/C24H21N3O3/c1-27-16-15-25-23(27)17-29-19-13-11-18(12-14-19)24(28)26-21-9-5-6-10-22(21)30-20-7-3-2-4-8-20/h2-16H,17H2,1H3,(H,26,28). The number of nitrogens with zero attached hydrogens (tertiary/aromatic N) is 2. The fourth-order valence-corrected chi connectivity index (χ4v) is 2.85. The first kappa shape index (κ1) is 19.3. The third-order valence-electron chi connectivity index (χ3n) is 4.51. The van der Waals surface area contributed by atoms with E-state index in [2.05, 4.69) is 10.3 Å². The zero-order valence-corrected chi connectivity index (χ0v) is 16.5. The number of imidazole rings is 1. The highest BCUT2D eigenvalue weighted by atomic mass is 16.5. The van der Waals surface area contributed by atoms with Crippen LogP contribution in [0.2, 0.25) is 0 Å². The number of aromatic nitrogens is 2. The minimum Gasteiger partial charge on any atom is -0.486 e. The first-order chi connectivity index (χ1) is 14.7. The summed E-state index contributed by atoms with van der Waals surface area (Å²) in [5, 5.41) is 2.91. The molecule has 0 aliphatic heterocycles. The lowest BCUT2D eigenvalue weighted by Crippen LogP contribution is -2.12. The fraction of sp³-hybridized carbons (Fsp3) is 0.0833. The maximum absolute atomic E-state index is 12.7. The van der Waals surface area contributed by atoms with Gasteiger partial charge in [-0.1, -0.05) is 30.3 Å². The van der Waals surface area contributed by atoms with Crippen molar-refractivity contribution >= 4 is 11.6 Å². The summed E-state index contributed by atoms with van der Waals surface area (Å²) in [4.78, 5) is 16.9. The van der Waals surface area contributed by atoms with Crippen LogP contribution in [0.1, 0.15) is 16.2 Å². The van der Waals surface area contributed by atoms with Crippen molar-refractivity contribution in [2.75, 3.05) is 5.32 Å². The number of anilines is 1. The highest BCUT2D eigenvalue weighted by Gasteiger charge is 2.11. The number of aryl methyl sites for hydroxylation is 1. The summed E-state index contributed by atoms with van der Waals surface area (Å²) < 4.78 is 13.5. The average molecular weight is 399 g/mol. The van der Waals surface area contributed by atoms with E-state index < -0.39 is 0 Å². The smallest absolute Gasteiger partial charge is 0.255 e. The summed E-state index contributed by atoms with van der Waals surface area (Å²) in [5.41, 5.74) is 1.12. The Morgan fingerprint density at radius 1 is 0.933 bits per heavy atom. The van der Waals surface area contributed by atoms with E-state index in [0.29, 0.717) is 35.1 Å². The van der Waals surface area contributed by atoms with E-state index >= 15 is 0 Å². The van der Waals surface area contributed by atoms with Crippen LogP contribution in [-0.2, 0) is 13.7 Å². The zero-order chi connectivity index (χ0) is 20.8. The Kier molecular flexibility index (Phi) is 5.75. The van der Waals surface area contributed by atoms with E-state index in [9.17, 15) is 4.79 Å². The molecule has 150 valence electrons. The van der Waals surface area contributed by atoms with Gasteiger partial charge in [-0.05, 0) is 48.5 Å². The number of benzene rings is 3. The minimum atomic E-state index is -0.227. The number of ether oxygens (including phenoxy) is 2. The molecule has 0 aliphatic rings. The molecule has 4 aromatic rings. The first-order valence-electron chi connectivity index (χ1n) is 9.51. The predicted octanol–water partition coefficient (Wildman–Crippen LogP) is 5.04. The van der Waals surface area contributed by atoms with Crippen molar-refractivity contribution in [2.45, 2.75) is 6.61 Å². The van der Waals surface area contributed by atoms with Crippen LogP contribution in [0.4, 0.5) is 5.69 Å². The highest BCUT2D eigenvalue weighted by molar-refractivity contribution is 6.05. The molecule has 0 atom stereocenters. The monoisotopic (exact) mass is 399 g/mol. The molecule has 0 saturated carbocycles. The van der Waals surface area contributed by atoms with E-state index in [4.69, 9.17) is 9.47 Å². The first-order valence-corrected chi connectivity index (χ1v) is 9.51. The number of carbonyl (C=O) groups excluding carboxylic acids is 1. The largest absolute Gasteiger partial charge is 0.486 e. The van der Waals surface area contributed by atoms with Crippen molar-refractivity contribution in [3.05, 3.63) is 103 Å². The number of carbonyl (C=O) groups is 1. The molecule has 1 N–H and O–H groups in total. The summed E-state index contributed by atoms with van der Waals surface area (Å²) in [6.45, 7) is 0.360. The molecule has 30 heavy (non-hydrogen) atoms. The Morgan fingerprint density at radius 3 is 2.40 bits per heavy atom. The molecule has 0 saturated heterocycles. The van der Waals surface area contributed by atoms with E-state index in [1.165, 1.54) is 0 Å². The van der Waals surface area contributed by atoms with Gasteiger partial charge in [0.25, 0.3) is 5.91 Å². The van der Waals surface area contributed by atoms with Crippen molar-refractivity contribution in [1.29, 1.82) is 0 Å². The maximum Gasteiger partial charge on any atom is 0.255 e. The molecular weight excluding hydrogens is 378 g/mol. The molecule has 0 aliphatic carbocycles. The van der Waals surface area contributed by atoms with Gasteiger partial charge in [-0.2, -0.15) is 0 Å². The van der Waals surface area contributed by atoms with Gasteiger partial charge in [-0.3, -0.25) is 4.79 Å². The van der Waals surface area contributed by atoms with Gasteiger partial charge in [-0.15, -0.1) is 0 Å². The second-order valence-electron chi connectivity index (χ2n) is 6.63. The molecule has 0 bridgehead atoms. The Hall–Kier alpha value is -4.06. The quantitative estimate of drug-likeness (QED) is 0.473. The van der Waals surface area contributed by atoms with Crippen molar-refractivity contribution in [1.82, 2.24) is 9.55 Å². The summed E-state index contributed by atoms with van der Waals surface area (Å²) >= 11 is 0. The predicted molar refractivity (Wildman–Crippen MR) is 115 cm³/mol. The fourth-order valence-electron chi connectivity index (χ4n) is 2.85. The average Bonchev–Trinajstić information content (AvgIpc) is 3.19. The van der Waals surface area contributed by atoms with Crippen molar-refractivity contribution in [3.8, 4) is 17.2 Å². The van der Waals surface area contributed by atoms with Gasteiger partial charge in [-0.25, -0.2) is 4.98 Å². The second kappa shape index (κ2) is 8.96. The van der Waals surface area contributed by atoms with Crippen LogP contribution < -0.4 is 14.8 Å². The summed E-state index contributed by atoms with van der Waals surface area (Å²) in [6, 6.07) is 23.8. The second-order valence-corrected chi connectivity index (χ2v) is 6.63. The third kappa shape index (κ3) is 4.67. The lowest BCUT2D eigenvalue weighted by Gasteiger charge is -2.12. The number of rotatable bonds is 7. The van der Waals surface area contributed by atoms with E-state index in [0.717, 1.165) is 5.82 Å². The zero-order valence-electron chi connectivity index (χ0n) is 16.5. The number of para-hydroxylation sites is 3. The van der Waals surface area contributed by atoms with Crippen molar-refractivity contribution in [2.24, 2.45) is 7.05 Å². The van der Waals surface area contributed by atoms with E-state index in [1.54, 1.807) is 36.5 Å². The molecule has 6 nitrogen and oxygen atoms in total. The van der Waals surface area contributed by atoms with E-state index in [-0.39, 0.29) is 5.91 Å². The molecular formula is C24H21N3O3. The van der Waals surface area contributed by atoms with Gasteiger partial charge >= 0.3 is 0 Å². The number of nitrogens with one attached hydrogen (secondary N) is 1. The highest BCUT2D eigenvalue weighted by Crippen LogP contribution is 2.29. The van der Waals surface area contributed by atoms with Crippen LogP contribution in [0.5, 0.6) is 17.2 Å². The lowest BCUT2D eigenvalue weighted by molar-refractivity contribution is 0.102. The molecule has 3 aromatic carbocycles. The topological polar surface area (TPSA) is 65.4 Å². The summed E-state index contributed by atoms with van der Waals surface area (Å²) in [6.07, 6.45) is 3.59. The lowest BCUT2D eigenvalue weighted by atomic mass is 10.2. The van der Waals surface area contributed by atoms with Gasteiger partial charge in [0.15, 0.2) is 5.75 Å². The summed E-state index contributed by atoms with van der Waals surface area (Å²) in [7, 11) is 1.92. The van der Waals surface area contributed by atoms with Crippen LogP contribution >= 0.6 is 0 Å². The third-order valence-corrected chi connectivity index (χ3v) is 4.51. The Balaban J connectivity index is 1.41. The molecule has 1 aromatic heterocycles.